The zero-order valence-electron chi connectivity index (χ0n) is 10.1. The molecule has 1 aliphatic rings. The van der Waals surface area contributed by atoms with Crippen LogP contribution < -0.4 is 0 Å². The van der Waals surface area contributed by atoms with Crippen LogP contribution in [0.15, 0.2) is 35.4 Å². The maximum atomic E-state index is 8.59. The quantitative estimate of drug-likeness (QED) is 0.419. The molecule has 0 atom stereocenters. The summed E-state index contributed by atoms with van der Waals surface area (Å²) >= 11 is 0. The second-order valence-electron chi connectivity index (χ2n) is 4.76. The van der Waals surface area contributed by atoms with Crippen LogP contribution in [-0.4, -0.2) is 4.98 Å². The monoisotopic (exact) mass is 238 g/mol. The van der Waals surface area contributed by atoms with Crippen molar-refractivity contribution in [2.75, 3.05) is 0 Å². The van der Waals surface area contributed by atoms with Crippen LogP contribution in [0.2, 0.25) is 0 Å². The van der Waals surface area contributed by atoms with E-state index in [0.717, 1.165) is 16.6 Å². The minimum atomic E-state index is 0.577. The highest BCUT2D eigenvalue weighted by Gasteiger charge is 2.18. The van der Waals surface area contributed by atoms with Gasteiger partial charge < -0.3 is 0 Å². The number of fused-ring (bicyclic) bond motifs is 1. The van der Waals surface area contributed by atoms with Gasteiger partial charge in [-0.1, -0.05) is 42.2 Å². The second-order valence-corrected chi connectivity index (χ2v) is 4.76. The molecule has 0 unspecified atom stereocenters. The van der Waals surface area contributed by atoms with Crippen molar-refractivity contribution in [1.29, 1.82) is 0 Å². The van der Waals surface area contributed by atoms with E-state index in [1.807, 2.05) is 18.2 Å². The number of azide groups is 1. The third-order valence-corrected chi connectivity index (χ3v) is 3.65. The fraction of sp³-hybridized carbons (Fsp3) is 0.357. The number of para-hydroxylation sites is 1. The van der Waals surface area contributed by atoms with Gasteiger partial charge in [-0.3, -0.25) is 4.98 Å². The van der Waals surface area contributed by atoms with E-state index in [1.165, 1.54) is 25.7 Å². The average molecular weight is 238 g/mol. The Balaban J connectivity index is 2.14. The molecule has 4 heteroatoms. The molecule has 3 rings (SSSR count). The largest absolute Gasteiger partial charge is 0.252 e. The van der Waals surface area contributed by atoms with Gasteiger partial charge >= 0.3 is 0 Å². The Morgan fingerprint density at radius 3 is 2.78 bits per heavy atom. The summed E-state index contributed by atoms with van der Waals surface area (Å²) in [5.41, 5.74) is 11.2. The summed E-state index contributed by atoms with van der Waals surface area (Å²) in [6, 6.07) is 9.89. The summed E-state index contributed by atoms with van der Waals surface area (Å²) in [4.78, 5) is 7.58. The van der Waals surface area contributed by atoms with Gasteiger partial charge in [0.1, 0.15) is 0 Å². The van der Waals surface area contributed by atoms with E-state index in [2.05, 4.69) is 22.2 Å². The topological polar surface area (TPSA) is 61.7 Å². The zero-order chi connectivity index (χ0) is 12.4. The molecule has 2 aromatic rings. The standard InChI is InChI=1S/C14H14N4/c15-18-17-13-7-3-6-11-8-9-12(16-14(11)13)10-4-1-2-5-10/h3,6-10H,1-2,4-5H2. The van der Waals surface area contributed by atoms with Crippen LogP contribution in [0.4, 0.5) is 5.69 Å². The molecular weight excluding hydrogens is 224 g/mol. The Morgan fingerprint density at radius 2 is 2.00 bits per heavy atom. The van der Waals surface area contributed by atoms with Crippen LogP contribution in [-0.2, 0) is 0 Å². The van der Waals surface area contributed by atoms with Crippen LogP contribution in [0, 0.1) is 0 Å². The predicted octanol–water partition coefficient (Wildman–Crippen LogP) is 4.83. The summed E-state index contributed by atoms with van der Waals surface area (Å²) in [6.45, 7) is 0. The van der Waals surface area contributed by atoms with Crippen molar-refractivity contribution in [3.05, 3.63) is 46.5 Å². The van der Waals surface area contributed by atoms with E-state index in [-0.39, 0.29) is 0 Å². The fourth-order valence-electron chi connectivity index (χ4n) is 2.72. The van der Waals surface area contributed by atoms with E-state index >= 15 is 0 Å². The van der Waals surface area contributed by atoms with Crippen LogP contribution >= 0.6 is 0 Å². The van der Waals surface area contributed by atoms with Crippen LogP contribution in [0.3, 0.4) is 0 Å². The minimum absolute atomic E-state index is 0.577. The molecule has 4 nitrogen and oxygen atoms in total. The Kier molecular flexibility index (Phi) is 2.87. The summed E-state index contributed by atoms with van der Waals surface area (Å²) < 4.78 is 0. The van der Waals surface area contributed by atoms with Gasteiger partial charge in [-0.15, -0.1) is 0 Å². The van der Waals surface area contributed by atoms with E-state index in [1.54, 1.807) is 0 Å². The van der Waals surface area contributed by atoms with E-state index in [9.17, 15) is 0 Å². The summed E-state index contributed by atoms with van der Waals surface area (Å²) in [5.74, 6) is 0.577. The molecule has 1 aromatic carbocycles. The highest BCUT2D eigenvalue weighted by atomic mass is 15.1. The van der Waals surface area contributed by atoms with E-state index in [4.69, 9.17) is 10.5 Å². The van der Waals surface area contributed by atoms with Crippen molar-refractivity contribution < 1.29 is 0 Å². The normalized spacial score (nSPS) is 15.8. The molecule has 0 N–H and O–H groups in total. The molecule has 18 heavy (non-hydrogen) atoms. The summed E-state index contributed by atoms with van der Waals surface area (Å²) in [5, 5.41) is 4.75. The van der Waals surface area contributed by atoms with Gasteiger partial charge in [0.05, 0.1) is 11.2 Å². The molecule has 1 aromatic heterocycles. The molecule has 1 saturated carbocycles. The Morgan fingerprint density at radius 1 is 1.17 bits per heavy atom. The van der Waals surface area contributed by atoms with Gasteiger partial charge in [0.15, 0.2) is 0 Å². The number of aromatic nitrogens is 1. The average Bonchev–Trinajstić information content (AvgIpc) is 2.93. The van der Waals surface area contributed by atoms with Gasteiger partial charge in [0.25, 0.3) is 0 Å². The number of benzene rings is 1. The van der Waals surface area contributed by atoms with Gasteiger partial charge in [-0.2, -0.15) is 0 Å². The van der Waals surface area contributed by atoms with Crippen LogP contribution in [0.1, 0.15) is 37.3 Å². The van der Waals surface area contributed by atoms with Crippen molar-refractivity contribution in [3.63, 3.8) is 0 Å². The molecule has 90 valence electrons. The van der Waals surface area contributed by atoms with Crippen LogP contribution in [0.5, 0.6) is 0 Å². The molecule has 0 bridgehead atoms. The Labute approximate surface area is 105 Å². The molecule has 1 fully saturated rings. The number of pyridine rings is 1. The highest BCUT2D eigenvalue weighted by Crippen LogP contribution is 2.34. The molecule has 0 spiro atoms. The van der Waals surface area contributed by atoms with Crippen molar-refractivity contribution in [2.24, 2.45) is 5.11 Å². The Bertz CT molecular complexity index is 623. The maximum absolute atomic E-state index is 8.59. The highest BCUT2D eigenvalue weighted by molar-refractivity contribution is 5.88. The van der Waals surface area contributed by atoms with Gasteiger partial charge in [0, 0.05) is 21.9 Å². The van der Waals surface area contributed by atoms with Crippen molar-refractivity contribution >= 4 is 16.6 Å². The zero-order valence-corrected chi connectivity index (χ0v) is 10.1. The molecule has 0 aliphatic heterocycles. The number of nitrogens with zero attached hydrogens (tertiary/aromatic N) is 4. The minimum Gasteiger partial charge on any atom is -0.252 e. The lowest BCUT2D eigenvalue weighted by molar-refractivity contribution is 0.701. The lowest BCUT2D eigenvalue weighted by atomic mass is 10.0. The molecule has 0 radical (unpaired) electrons. The number of rotatable bonds is 2. The van der Waals surface area contributed by atoms with Crippen molar-refractivity contribution in [1.82, 2.24) is 4.98 Å². The first-order chi connectivity index (χ1) is 8.88. The number of hydrogen-bond donors (Lipinski definition) is 0. The predicted molar refractivity (Wildman–Crippen MR) is 71.8 cm³/mol. The molecular formula is C14H14N4. The summed E-state index contributed by atoms with van der Waals surface area (Å²) in [7, 11) is 0. The molecule has 1 aliphatic carbocycles. The Hall–Kier alpha value is -2.06. The second kappa shape index (κ2) is 4.67. The lowest BCUT2D eigenvalue weighted by Gasteiger charge is -2.10. The molecule has 1 heterocycles. The first-order valence-corrected chi connectivity index (χ1v) is 6.33. The molecule has 0 amide bonds. The SMILES string of the molecule is [N-]=[N+]=Nc1cccc2ccc(C3CCCC3)nc12. The first-order valence-electron chi connectivity index (χ1n) is 6.33. The number of hydrogen-bond acceptors (Lipinski definition) is 2. The lowest BCUT2D eigenvalue weighted by Crippen LogP contribution is -1.96. The van der Waals surface area contributed by atoms with Crippen LogP contribution in [0.25, 0.3) is 21.3 Å². The van der Waals surface area contributed by atoms with Crippen molar-refractivity contribution in [2.45, 2.75) is 31.6 Å². The van der Waals surface area contributed by atoms with E-state index < -0.39 is 0 Å². The fourth-order valence-corrected chi connectivity index (χ4v) is 2.72. The first kappa shape index (κ1) is 11.1. The third kappa shape index (κ3) is 1.91. The maximum Gasteiger partial charge on any atom is 0.0801 e. The van der Waals surface area contributed by atoms with Gasteiger partial charge in [-0.05, 0) is 24.4 Å². The van der Waals surface area contributed by atoms with Crippen molar-refractivity contribution in [3.8, 4) is 0 Å². The summed E-state index contributed by atoms with van der Waals surface area (Å²) in [6.07, 6.45) is 5.04. The smallest absolute Gasteiger partial charge is 0.0801 e. The molecule has 0 saturated heterocycles. The van der Waals surface area contributed by atoms with Gasteiger partial charge in [-0.25, -0.2) is 0 Å². The van der Waals surface area contributed by atoms with Gasteiger partial charge in [0.2, 0.25) is 0 Å². The van der Waals surface area contributed by atoms with E-state index in [0.29, 0.717) is 11.6 Å². The third-order valence-electron chi connectivity index (χ3n) is 3.65.